The standard InChI is InChI=1S/C14H18F3N3O/c1-13(2)10(18)7-11(13)20-12(21)19-9-5-3-4-8(6-9)14(15,16)17/h3-6,10-11H,7,18H2,1-2H3,(H2,19,20,21). The van der Waals surface area contributed by atoms with Gasteiger partial charge in [-0.1, -0.05) is 19.9 Å². The van der Waals surface area contributed by atoms with Crippen molar-refractivity contribution in [3.8, 4) is 0 Å². The minimum absolute atomic E-state index is 0.0105. The first-order chi connectivity index (χ1) is 9.60. The van der Waals surface area contributed by atoms with Crippen LogP contribution in [0.5, 0.6) is 0 Å². The van der Waals surface area contributed by atoms with Gasteiger partial charge >= 0.3 is 12.2 Å². The summed E-state index contributed by atoms with van der Waals surface area (Å²) in [6, 6.07) is 3.91. The van der Waals surface area contributed by atoms with Crippen molar-refractivity contribution in [2.75, 3.05) is 5.32 Å². The molecule has 1 aliphatic carbocycles. The van der Waals surface area contributed by atoms with E-state index in [1.54, 1.807) is 0 Å². The van der Waals surface area contributed by atoms with E-state index in [2.05, 4.69) is 10.6 Å². The van der Waals surface area contributed by atoms with Crippen LogP contribution in [0.2, 0.25) is 0 Å². The number of alkyl halides is 3. The quantitative estimate of drug-likeness (QED) is 0.786. The van der Waals surface area contributed by atoms with Gasteiger partial charge in [-0.05, 0) is 24.6 Å². The van der Waals surface area contributed by atoms with Crippen LogP contribution in [0.4, 0.5) is 23.7 Å². The Bertz CT molecular complexity index is 543. The van der Waals surface area contributed by atoms with Crippen molar-refractivity contribution >= 4 is 11.7 Å². The normalized spacial score (nSPS) is 24.1. The number of halogens is 3. The van der Waals surface area contributed by atoms with Crippen molar-refractivity contribution in [1.82, 2.24) is 5.32 Å². The first kappa shape index (κ1) is 15.6. The molecule has 0 aromatic heterocycles. The number of carbonyl (C=O) groups excluding carboxylic acids is 1. The Balaban J connectivity index is 1.98. The number of benzene rings is 1. The Hall–Kier alpha value is -1.76. The number of urea groups is 1. The van der Waals surface area contributed by atoms with E-state index in [4.69, 9.17) is 5.73 Å². The van der Waals surface area contributed by atoms with Crippen molar-refractivity contribution in [2.24, 2.45) is 11.1 Å². The molecule has 0 bridgehead atoms. The fraction of sp³-hybridized carbons (Fsp3) is 0.500. The molecule has 2 amide bonds. The topological polar surface area (TPSA) is 67.1 Å². The van der Waals surface area contributed by atoms with E-state index in [0.717, 1.165) is 12.1 Å². The van der Waals surface area contributed by atoms with E-state index in [-0.39, 0.29) is 23.2 Å². The molecule has 2 atom stereocenters. The molecule has 0 radical (unpaired) electrons. The van der Waals surface area contributed by atoms with Gasteiger partial charge in [0, 0.05) is 23.2 Å². The molecule has 1 aromatic rings. The van der Waals surface area contributed by atoms with Gasteiger partial charge in [-0.3, -0.25) is 0 Å². The number of rotatable bonds is 2. The lowest BCUT2D eigenvalue weighted by atomic mass is 9.63. The average Bonchev–Trinajstić information content (AvgIpc) is 2.37. The molecule has 0 aliphatic heterocycles. The summed E-state index contributed by atoms with van der Waals surface area (Å²) in [4.78, 5) is 11.8. The molecule has 116 valence electrons. The molecule has 0 spiro atoms. The van der Waals surface area contributed by atoms with Crippen LogP contribution in [0.1, 0.15) is 25.8 Å². The molecule has 4 nitrogen and oxygen atoms in total. The van der Waals surface area contributed by atoms with Crippen LogP contribution >= 0.6 is 0 Å². The molecule has 0 saturated heterocycles. The molecular weight excluding hydrogens is 283 g/mol. The summed E-state index contributed by atoms with van der Waals surface area (Å²) >= 11 is 0. The van der Waals surface area contributed by atoms with E-state index in [1.807, 2.05) is 13.8 Å². The summed E-state index contributed by atoms with van der Waals surface area (Å²) in [6.45, 7) is 3.88. The van der Waals surface area contributed by atoms with E-state index in [9.17, 15) is 18.0 Å². The maximum Gasteiger partial charge on any atom is 0.416 e. The number of carbonyl (C=O) groups is 1. The third-order valence-electron chi connectivity index (χ3n) is 4.10. The smallest absolute Gasteiger partial charge is 0.334 e. The number of hydrogen-bond donors (Lipinski definition) is 3. The van der Waals surface area contributed by atoms with E-state index < -0.39 is 17.8 Å². The lowest BCUT2D eigenvalue weighted by Gasteiger charge is -2.50. The van der Waals surface area contributed by atoms with Crippen molar-refractivity contribution in [2.45, 2.75) is 38.5 Å². The summed E-state index contributed by atoms with van der Waals surface area (Å²) < 4.78 is 37.7. The van der Waals surface area contributed by atoms with Gasteiger partial charge < -0.3 is 16.4 Å². The maximum atomic E-state index is 12.6. The molecule has 1 aliphatic rings. The van der Waals surface area contributed by atoms with Crippen molar-refractivity contribution < 1.29 is 18.0 Å². The fourth-order valence-corrected chi connectivity index (χ4v) is 2.30. The SMILES string of the molecule is CC1(C)C(N)CC1NC(=O)Nc1cccc(C(F)(F)F)c1. The van der Waals surface area contributed by atoms with E-state index in [0.29, 0.717) is 6.42 Å². The zero-order valence-corrected chi connectivity index (χ0v) is 11.8. The van der Waals surface area contributed by atoms with Crippen LogP contribution in [0.3, 0.4) is 0 Å². The van der Waals surface area contributed by atoms with Gasteiger partial charge in [0.15, 0.2) is 0 Å². The Morgan fingerprint density at radius 2 is 2.05 bits per heavy atom. The predicted molar refractivity (Wildman–Crippen MR) is 73.8 cm³/mol. The predicted octanol–water partition coefficient (Wildman–Crippen LogP) is 2.95. The first-order valence-electron chi connectivity index (χ1n) is 6.61. The number of hydrogen-bond acceptors (Lipinski definition) is 2. The molecule has 2 unspecified atom stereocenters. The molecule has 0 heterocycles. The molecule has 1 aromatic carbocycles. The highest BCUT2D eigenvalue weighted by molar-refractivity contribution is 5.89. The van der Waals surface area contributed by atoms with Crippen LogP contribution in [0.15, 0.2) is 24.3 Å². The molecule has 4 N–H and O–H groups in total. The highest BCUT2D eigenvalue weighted by Crippen LogP contribution is 2.39. The van der Waals surface area contributed by atoms with Crippen LogP contribution in [0, 0.1) is 5.41 Å². The average molecular weight is 301 g/mol. The Labute approximate surface area is 120 Å². The van der Waals surface area contributed by atoms with Gasteiger partial charge in [0.1, 0.15) is 0 Å². The zero-order valence-electron chi connectivity index (χ0n) is 11.8. The molecule has 7 heteroatoms. The molecular formula is C14H18F3N3O. The number of nitrogens with one attached hydrogen (secondary N) is 2. The Morgan fingerprint density at radius 1 is 1.38 bits per heavy atom. The van der Waals surface area contributed by atoms with Gasteiger partial charge in [0.2, 0.25) is 0 Å². The first-order valence-corrected chi connectivity index (χ1v) is 6.61. The van der Waals surface area contributed by atoms with Gasteiger partial charge in [-0.2, -0.15) is 13.2 Å². The zero-order chi connectivity index (χ0) is 15.8. The Morgan fingerprint density at radius 3 is 2.57 bits per heavy atom. The second kappa shape index (κ2) is 5.22. The van der Waals surface area contributed by atoms with Gasteiger partial charge in [0.25, 0.3) is 0 Å². The maximum absolute atomic E-state index is 12.6. The van der Waals surface area contributed by atoms with Gasteiger partial charge in [-0.25, -0.2) is 4.79 Å². The monoisotopic (exact) mass is 301 g/mol. The van der Waals surface area contributed by atoms with Crippen molar-refractivity contribution in [3.05, 3.63) is 29.8 Å². The third kappa shape index (κ3) is 3.29. The largest absolute Gasteiger partial charge is 0.416 e. The van der Waals surface area contributed by atoms with Gasteiger partial charge in [0.05, 0.1) is 5.56 Å². The van der Waals surface area contributed by atoms with Crippen molar-refractivity contribution in [3.63, 3.8) is 0 Å². The van der Waals surface area contributed by atoms with Crippen LogP contribution in [0.25, 0.3) is 0 Å². The fourth-order valence-electron chi connectivity index (χ4n) is 2.30. The second-order valence-corrected chi connectivity index (χ2v) is 5.89. The highest BCUT2D eigenvalue weighted by atomic mass is 19.4. The molecule has 1 saturated carbocycles. The summed E-state index contributed by atoms with van der Waals surface area (Å²) in [5, 5.41) is 5.15. The van der Waals surface area contributed by atoms with E-state index >= 15 is 0 Å². The van der Waals surface area contributed by atoms with Crippen LogP contribution in [-0.4, -0.2) is 18.1 Å². The summed E-state index contributed by atoms with van der Waals surface area (Å²) in [5.74, 6) is 0. The van der Waals surface area contributed by atoms with Crippen molar-refractivity contribution in [1.29, 1.82) is 0 Å². The van der Waals surface area contributed by atoms with Crippen LogP contribution in [-0.2, 0) is 6.18 Å². The lowest BCUT2D eigenvalue weighted by molar-refractivity contribution is -0.137. The third-order valence-corrected chi connectivity index (χ3v) is 4.10. The molecule has 1 fully saturated rings. The number of amides is 2. The Kier molecular flexibility index (Phi) is 3.88. The summed E-state index contributed by atoms with van der Waals surface area (Å²) in [6.07, 6.45) is -3.78. The highest BCUT2D eigenvalue weighted by Gasteiger charge is 2.46. The van der Waals surface area contributed by atoms with Crippen LogP contribution < -0.4 is 16.4 Å². The summed E-state index contributed by atoms with van der Waals surface area (Å²) in [7, 11) is 0. The lowest BCUT2D eigenvalue weighted by Crippen LogP contribution is -2.64. The molecule has 21 heavy (non-hydrogen) atoms. The number of anilines is 1. The molecule has 2 rings (SSSR count). The summed E-state index contributed by atoms with van der Waals surface area (Å²) in [5.41, 5.74) is 4.93. The minimum Gasteiger partial charge on any atom is -0.334 e. The van der Waals surface area contributed by atoms with E-state index in [1.165, 1.54) is 12.1 Å². The second-order valence-electron chi connectivity index (χ2n) is 5.89. The van der Waals surface area contributed by atoms with Gasteiger partial charge in [-0.15, -0.1) is 0 Å². The number of nitrogens with two attached hydrogens (primary N) is 1. The minimum atomic E-state index is -4.43.